The van der Waals surface area contributed by atoms with Gasteiger partial charge < -0.3 is 14.9 Å². The average molecular weight is 475 g/mol. The summed E-state index contributed by atoms with van der Waals surface area (Å²) >= 11 is 0. The van der Waals surface area contributed by atoms with Gasteiger partial charge in [-0.15, -0.1) is 0 Å². The van der Waals surface area contributed by atoms with Gasteiger partial charge >= 0.3 is 0 Å². The van der Waals surface area contributed by atoms with E-state index in [9.17, 15) is 9.59 Å². The van der Waals surface area contributed by atoms with Crippen LogP contribution in [0.25, 0.3) is 44.4 Å². The zero-order chi connectivity index (χ0) is 24.2. The Morgan fingerprint density at radius 1 is 0.917 bits per heavy atom. The lowest BCUT2D eigenvalue weighted by molar-refractivity contribution is -0.121. The van der Waals surface area contributed by atoms with Gasteiger partial charge in [0.05, 0.1) is 34.2 Å². The first-order valence-corrected chi connectivity index (χ1v) is 12.0. The van der Waals surface area contributed by atoms with Gasteiger partial charge in [-0.1, -0.05) is 42.5 Å². The molecule has 7 rings (SSSR count). The van der Waals surface area contributed by atoms with E-state index in [1.54, 1.807) is 4.57 Å². The van der Waals surface area contributed by atoms with Gasteiger partial charge in [0, 0.05) is 17.4 Å². The molecular weight excluding hydrogens is 452 g/mol. The molecule has 0 radical (unpaired) electrons. The van der Waals surface area contributed by atoms with Gasteiger partial charge in [0.25, 0.3) is 5.56 Å². The van der Waals surface area contributed by atoms with E-state index >= 15 is 0 Å². The standard InChI is InChI=1S/C28H22N6O2/c35-25(29-15-24-30-21-10-4-5-11-22(21)31-24)16-34-23-12-6-2-7-17(23)18-13-14-33-27(26(18)34)32-20-9-3-1-8-19(20)28(33)36/h1-12H,13-16H2,(H,29,35)(H,30,31). The van der Waals surface area contributed by atoms with E-state index in [-0.39, 0.29) is 18.0 Å². The minimum Gasteiger partial charge on any atom is -0.347 e. The number of H-pyrrole nitrogens is 1. The van der Waals surface area contributed by atoms with Gasteiger partial charge in [-0.3, -0.25) is 14.2 Å². The third-order valence-electron chi connectivity index (χ3n) is 6.93. The average Bonchev–Trinajstić information content (AvgIpc) is 3.47. The van der Waals surface area contributed by atoms with Gasteiger partial charge in [-0.05, 0) is 42.3 Å². The van der Waals surface area contributed by atoms with E-state index in [0.717, 1.165) is 33.2 Å². The number of fused-ring (bicyclic) bond motifs is 7. The summed E-state index contributed by atoms with van der Waals surface area (Å²) in [7, 11) is 0. The molecule has 0 atom stereocenters. The second-order valence-corrected chi connectivity index (χ2v) is 9.07. The van der Waals surface area contributed by atoms with E-state index in [0.29, 0.717) is 42.1 Å². The van der Waals surface area contributed by atoms with Crippen LogP contribution in [0.3, 0.4) is 0 Å². The highest BCUT2D eigenvalue weighted by molar-refractivity contribution is 5.94. The van der Waals surface area contributed by atoms with Crippen LogP contribution < -0.4 is 10.9 Å². The lowest BCUT2D eigenvalue weighted by Gasteiger charge is -2.21. The van der Waals surface area contributed by atoms with Crippen LogP contribution in [0, 0.1) is 0 Å². The monoisotopic (exact) mass is 474 g/mol. The first kappa shape index (κ1) is 20.6. The molecule has 1 aliphatic heterocycles. The van der Waals surface area contributed by atoms with Crippen LogP contribution in [0.2, 0.25) is 0 Å². The molecule has 3 aromatic heterocycles. The molecule has 6 aromatic rings. The molecule has 0 bridgehead atoms. The second-order valence-electron chi connectivity index (χ2n) is 9.07. The summed E-state index contributed by atoms with van der Waals surface area (Å²) in [6.07, 6.45) is 0.705. The lowest BCUT2D eigenvalue weighted by atomic mass is 10.0. The van der Waals surface area contributed by atoms with Crippen LogP contribution in [-0.2, 0) is 30.8 Å². The molecule has 1 aliphatic rings. The highest BCUT2D eigenvalue weighted by Gasteiger charge is 2.28. The number of hydrogen-bond donors (Lipinski definition) is 2. The van der Waals surface area contributed by atoms with Crippen LogP contribution in [-0.4, -0.2) is 30.0 Å². The molecule has 1 amide bonds. The Morgan fingerprint density at radius 3 is 2.53 bits per heavy atom. The first-order chi connectivity index (χ1) is 17.7. The molecule has 0 unspecified atom stereocenters. The molecule has 0 spiro atoms. The molecule has 176 valence electrons. The van der Waals surface area contributed by atoms with Gasteiger partial charge in [0.2, 0.25) is 5.91 Å². The van der Waals surface area contributed by atoms with E-state index in [1.807, 2.05) is 71.3 Å². The molecule has 0 saturated heterocycles. The number of rotatable bonds is 4. The molecule has 4 heterocycles. The minimum absolute atomic E-state index is 0.0487. The molecule has 0 aliphatic carbocycles. The Hall–Kier alpha value is -4.72. The number of nitrogens with zero attached hydrogens (tertiary/aromatic N) is 4. The zero-order valence-corrected chi connectivity index (χ0v) is 19.4. The third kappa shape index (κ3) is 3.15. The predicted molar refractivity (Wildman–Crippen MR) is 139 cm³/mol. The number of aromatic amines is 1. The number of aromatic nitrogens is 5. The topological polar surface area (TPSA) is 97.6 Å². The van der Waals surface area contributed by atoms with Crippen molar-refractivity contribution < 1.29 is 4.79 Å². The van der Waals surface area contributed by atoms with Crippen molar-refractivity contribution in [3.05, 3.63) is 94.5 Å². The number of hydrogen-bond acceptors (Lipinski definition) is 4. The van der Waals surface area contributed by atoms with Gasteiger partial charge in [-0.2, -0.15) is 0 Å². The molecule has 0 fully saturated rings. The maximum absolute atomic E-state index is 13.3. The smallest absolute Gasteiger partial charge is 0.261 e. The van der Waals surface area contributed by atoms with Crippen LogP contribution >= 0.6 is 0 Å². The van der Waals surface area contributed by atoms with Crippen molar-refractivity contribution in [3.8, 4) is 11.5 Å². The van der Waals surface area contributed by atoms with Crippen molar-refractivity contribution in [2.24, 2.45) is 0 Å². The zero-order valence-electron chi connectivity index (χ0n) is 19.4. The number of carbonyl (C=O) groups is 1. The predicted octanol–water partition coefficient (Wildman–Crippen LogP) is 3.77. The van der Waals surface area contributed by atoms with Gasteiger partial charge in [-0.25, -0.2) is 9.97 Å². The highest BCUT2D eigenvalue weighted by atomic mass is 16.2. The first-order valence-electron chi connectivity index (χ1n) is 12.0. The van der Waals surface area contributed by atoms with Crippen LogP contribution in [0.5, 0.6) is 0 Å². The molecule has 8 nitrogen and oxygen atoms in total. The number of para-hydroxylation sites is 4. The Morgan fingerprint density at radius 2 is 1.67 bits per heavy atom. The summed E-state index contributed by atoms with van der Waals surface area (Å²) in [4.78, 5) is 39.1. The molecule has 3 aromatic carbocycles. The molecule has 36 heavy (non-hydrogen) atoms. The van der Waals surface area contributed by atoms with Crippen molar-refractivity contribution in [1.29, 1.82) is 0 Å². The molecule has 2 N–H and O–H groups in total. The summed E-state index contributed by atoms with van der Waals surface area (Å²) < 4.78 is 3.73. The summed E-state index contributed by atoms with van der Waals surface area (Å²) in [6.45, 7) is 0.970. The molecular formula is C28H22N6O2. The fourth-order valence-electron chi connectivity index (χ4n) is 5.30. The fraction of sp³-hybridized carbons (Fsp3) is 0.143. The maximum atomic E-state index is 13.3. The summed E-state index contributed by atoms with van der Waals surface area (Å²) in [5.41, 5.74) is 5.33. The minimum atomic E-state index is -0.140. The summed E-state index contributed by atoms with van der Waals surface area (Å²) in [5.74, 6) is 1.18. The summed E-state index contributed by atoms with van der Waals surface area (Å²) in [5, 5.41) is 4.69. The van der Waals surface area contributed by atoms with Gasteiger partial charge in [0.1, 0.15) is 12.4 Å². The number of nitrogens with one attached hydrogen (secondary N) is 2. The fourth-order valence-corrected chi connectivity index (χ4v) is 5.30. The van der Waals surface area contributed by atoms with Crippen molar-refractivity contribution in [3.63, 3.8) is 0 Å². The van der Waals surface area contributed by atoms with E-state index in [2.05, 4.69) is 21.4 Å². The van der Waals surface area contributed by atoms with Crippen molar-refractivity contribution in [2.75, 3.05) is 0 Å². The Balaban J connectivity index is 1.29. The number of amides is 1. The second kappa shape index (κ2) is 7.91. The SMILES string of the molecule is O=C(Cn1c2c(c3ccccc31)CCn1c-2nc2ccccc2c1=O)NCc1nc2ccccc2[nH]1. The van der Waals surface area contributed by atoms with E-state index in [4.69, 9.17) is 4.98 Å². The lowest BCUT2D eigenvalue weighted by Crippen LogP contribution is -2.30. The van der Waals surface area contributed by atoms with Crippen molar-refractivity contribution in [1.82, 2.24) is 29.4 Å². The normalized spacial score (nSPS) is 12.7. The maximum Gasteiger partial charge on any atom is 0.261 e. The van der Waals surface area contributed by atoms with Gasteiger partial charge in [0.15, 0.2) is 5.82 Å². The van der Waals surface area contributed by atoms with E-state index < -0.39 is 0 Å². The largest absolute Gasteiger partial charge is 0.347 e. The van der Waals surface area contributed by atoms with Crippen LogP contribution in [0.15, 0.2) is 77.6 Å². The summed E-state index contributed by atoms with van der Waals surface area (Å²) in [6, 6.07) is 23.3. The van der Waals surface area contributed by atoms with Crippen molar-refractivity contribution in [2.45, 2.75) is 26.1 Å². The highest BCUT2D eigenvalue weighted by Crippen LogP contribution is 2.36. The number of imidazole rings is 1. The quantitative estimate of drug-likeness (QED) is 0.406. The Labute approximate surface area is 205 Å². The van der Waals surface area contributed by atoms with Crippen LogP contribution in [0.1, 0.15) is 11.4 Å². The van der Waals surface area contributed by atoms with Crippen molar-refractivity contribution >= 4 is 38.7 Å². The third-order valence-corrected chi connectivity index (χ3v) is 6.93. The molecule has 8 heteroatoms. The molecule has 0 saturated carbocycles. The Bertz CT molecular complexity index is 1840. The van der Waals surface area contributed by atoms with E-state index in [1.165, 1.54) is 0 Å². The number of aryl methyl sites for hydroxylation is 1. The van der Waals surface area contributed by atoms with Crippen LogP contribution in [0.4, 0.5) is 0 Å². The Kier molecular flexibility index (Phi) is 4.54. The number of benzene rings is 3. The number of carbonyl (C=O) groups excluding carboxylic acids is 1.